The predicted octanol–water partition coefficient (Wildman–Crippen LogP) is 22.8. The predicted molar refractivity (Wildman–Crippen MR) is 390 cm³/mol. The summed E-state index contributed by atoms with van der Waals surface area (Å²) in [4.78, 5) is 15.7. The first-order valence-electron chi connectivity index (χ1n) is 31.3. The van der Waals surface area contributed by atoms with E-state index in [2.05, 4.69) is 311 Å². The maximum Gasteiger partial charge on any atom is 0.209 e. The molecular weight excluding hydrogens is 1200 g/mol. The molecule has 0 saturated heterocycles. The molecule has 0 aliphatic carbocycles. The first-order valence-corrected chi connectivity index (χ1v) is 36.2. The molecule has 1 heterocycles. The molecule has 0 atom stereocenters. The normalized spacial score (nSPS) is 12.0. The summed E-state index contributed by atoms with van der Waals surface area (Å²) in [6.45, 7) is 20.5. The summed E-state index contributed by atoms with van der Waals surface area (Å²) in [5.74, 6) is 3.14. The van der Waals surface area contributed by atoms with E-state index in [9.17, 15) is 5.11 Å². The van der Waals surface area contributed by atoms with E-state index in [0.29, 0.717) is 5.75 Å². The number of phenols is 1. The van der Waals surface area contributed by atoms with Crippen molar-refractivity contribution in [3.63, 3.8) is 0 Å². The molecule has 0 spiro atoms. The van der Waals surface area contributed by atoms with Gasteiger partial charge < -0.3 is 14.6 Å². The van der Waals surface area contributed by atoms with Gasteiger partial charge >= 0.3 is 0 Å². The number of aromatic hydroxyl groups is 1. The van der Waals surface area contributed by atoms with E-state index in [1.807, 2.05) is 60.7 Å². The third kappa shape index (κ3) is 17.1. The number of ether oxygens (including phenoxy) is 2. The van der Waals surface area contributed by atoms with Crippen LogP contribution in [-0.4, -0.2) is 12.2 Å². The maximum absolute atomic E-state index is 9.48. The van der Waals surface area contributed by atoms with Crippen molar-refractivity contribution in [2.45, 2.75) is 137 Å². The Morgan fingerprint density at radius 2 is 0.522 bits per heavy atom. The highest BCUT2D eigenvalue weighted by atomic mass is 32.2. The van der Waals surface area contributed by atoms with E-state index in [1.165, 1.54) is 75.4 Å². The Balaban J connectivity index is 0.000000137. The van der Waals surface area contributed by atoms with E-state index in [1.54, 1.807) is 19.2 Å². The van der Waals surface area contributed by atoms with Crippen LogP contribution < -0.4 is 9.47 Å². The molecule has 1 aliphatic rings. The van der Waals surface area contributed by atoms with Gasteiger partial charge in [-0.15, -0.1) is 0 Å². The third-order valence-electron chi connectivity index (χ3n) is 15.5. The van der Waals surface area contributed by atoms with Crippen LogP contribution >= 0.6 is 0 Å². The highest BCUT2D eigenvalue weighted by molar-refractivity contribution is 7.98. The fourth-order valence-corrected chi connectivity index (χ4v) is 18.9. The number of hydrogen-bond acceptors (Lipinski definition) is 3. The van der Waals surface area contributed by atoms with Gasteiger partial charge in [0.1, 0.15) is 22.4 Å². The van der Waals surface area contributed by atoms with Gasteiger partial charge in [-0.2, -0.15) is 0 Å². The van der Waals surface area contributed by atoms with Gasteiger partial charge in [0.25, 0.3) is 0 Å². The molecule has 0 saturated carbocycles. The van der Waals surface area contributed by atoms with Crippen molar-refractivity contribution in [2.75, 3.05) is 7.11 Å². The van der Waals surface area contributed by atoms with Crippen LogP contribution in [0.2, 0.25) is 0 Å². The Labute approximate surface area is 559 Å². The van der Waals surface area contributed by atoms with Crippen LogP contribution in [0, 0.1) is 0 Å². The summed E-state index contributed by atoms with van der Waals surface area (Å²) in [5, 5.41) is 9.48. The molecule has 1 aliphatic heterocycles. The van der Waals surface area contributed by atoms with Crippen molar-refractivity contribution in [3.05, 3.63) is 338 Å². The minimum absolute atomic E-state index is 0.0804. The molecule has 0 fully saturated rings. The quantitative estimate of drug-likeness (QED) is 0.131. The average molecular weight is 1280 g/mol. The number of para-hydroxylation sites is 2. The average Bonchev–Trinajstić information content (AvgIpc) is 0.812. The van der Waals surface area contributed by atoms with Crippen molar-refractivity contribution in [3.8, 4) is 23.0 Å². The van der Waals surface area contributed by atoms with Gasteiger partial charge in [-0.1, -0.05) is 214 Å². The molecule has 13 rings (SSSR count). The number of phenolic OH excluding ortho intramolecular Hbond substituents is 1. The molecule has 0 bridgehead atoms. The summed E-state index contributed by atoms with van der Waals surface area (Å²) in [5.41, 5.74) is 4.64. The molecule has 0 radical (unpaired) electrons. The second kappa shape index (κ2) is 30.7. The van der Waals surface area contributed by atoms with Crippen molar-refractivity contribution >= 4 is 43.6 Å². The Morgan fingerprint density at radius 3 is 0.804 bits per heavy atom. The van der Waals surface area contributed by atoms with Gasteiger partial charge in [0, 0.05) is 0 Å². The van der Waals surface area contributed by atoms with Crippen LogP contribution in [0.5, 0.6) is 23.0 Å². The van der Waals surface area contributed by atoms with Crippen LogP contribution in [0.1, 0.15) is 79.0 Å². The van der Waals surface area contributed by atoms with Crippen LogP contribution in [0.4, 0.5) is 0 Å². The molecule has 0 unspecified atom stereocenters. The Morgan fingerprint density at radius 1 is 0.283 bits per heavy atom. The monoisotopic (exact) mass is 1280 g/mol. The van der Waals surface area contributed by atoms with Crippen LogP contribution in [0.3, 0.4) is 0 Å². The standard InChI is InChI=1S/C30H39S.C19H17OS.C18H13OS.C18H14OS/c1-28(2,3)22-10-16-25(17-11-22)31(26-18-12-23(13-19-26)29(4,5)6)27-20-14-24(15-21-27)30(7,8)9;1-20-16-12-14-19(15-13-16)21(17-8-4-2-5-9-17)18-10-6-3-7-11-18;1-2-8-14(9-3-1)20-17-12-6-4-10-15(17)19-16-11-5-7-13-18(16)20;19-15-11-13-18(14-12-15)20(16-7-3-1-4-8-16)17-9-5-2-6-10-17/h10-21H,1-9H3;2-15H,1H3;1-13H;1-14H/q3*+1;/p+1. The van der Waals surface area contributed by atoms with Crippen LogP contribution in [0.25, 0.3) is 0 Å². The number of rotatable bonds is 11. The molecular formula is C85H84O3S4+4. The first kappa shape index (κ1) is 66.4. The smallest absolute Gasteiger partial charge is 0.209 e. The molecule has 92 heavy (non-hydrogen) atoms. The first-order chi connectivity index (χ1) is 44.4. The Bertz CT molecular complexity index is 3920. The Kier molecular flexibility index (Phi) is 22.2. The molecule has 12 aromatic carbocycles. The summed E-state index contributed by atoms with van der Waals surface area (Å²) in [6.07, 6.45) is 0. The van der Waals surface area contributed by atoms with E-state index < -0.39 is 0 Å². The van der Waals surface area contributed by atoms with Gasteiger partial charge in [0.2, 0.25) is 9.79 Å². The number of benzene rings is 12. The van der Waals surface area contributed by atoms with E-state index in [-0.39, 0.29) is 59.8 Å². The topological polar surface area (TPSA) is 38.7 Å². The largest absolute Gasteiger partial charge is 0.508 e. The minimum atomic E-state index is -0.134. The number of hydrogen-bond donors (Lipinski definition) is 1. The summed E-state index contributed by atoms with van der Waals surface area (Å²) < 4.78 is 11.3. The van der Waals surface area contributed by atoms with E-state index in [0.717, 1.165) is 17.2 Å². The lowest BCUT2D eigenvalue weighted by Crippen LogP contribution is -2.13. The highest BCUT2D eigenvalue weighted by Gasteiger charge is 2.39. The van der Waals surface area contributed by atoms with Gasteiger partial charge in [-0.25, -0.2) is 0 Å². The van der Waals surface area contributed by atoms with Crippen molar-refractivity contribution in [2.24, 2.45) is 0 Å². The minimum Gasteiger partial charge on any atom is -0.508 e. The van der Waals surface area contributed by atoms with Gasteiger partial charge in [-0.05, 0) is 203 Å². The number of methoxy groups -OCH3 is 1. The summed E-state index contributed by atoms with van der Waals surface area (Å²) >= 11 is 0. The Hall–Kier alpha value is -8.56. The molecule has 0 aromatic heterocycles. The van der Waals surface area contributed by atoms with Gasteiger partial charge in [-0.3, -0.25) is 0 Å². The zero-order chi connectivity index (χ0) is 64.7. The van der Waals surface area contributed by atoms with Crippen LogP contribution in [0.15, 0.2) is 380 Å². The fraction of sp³-hybridized carbons (Fsp3) is 0.153. The lowest BCUT2D eigenvalue weighted by atomic mass is 9.87. The zero-order valence-electron chi connectivity index (χ0n) is 54.5. The van der Waals surface area contributed by atoms with Crippen molar-refractivity contribution < 1.29 is 14.6 Å². The molecule has 7 heteroatoms. The molecule has 1 N–H and O–H groups in total. The van der Waals surface area contributed by atoms with E-state index >= 15 is 0 Å². The second-order valence-electron chi connectivity index (χ2n) is 25.3. The molecule has 3 nitrogen and oxygen atoms in total. The summed E-state index contributed by atoms with van der Waals surface area (Å²) in [6, 6.07) is 113. The van der Waals surface area contributed by atoms with Crippen molar-refractivity contribution in [1.82, 2.24) is 0 Å². The highest BCUT2D eigenvalue weighted by Crippen LogP contribution is 2.47. The van der Waals surface area contributed by atoms with Crippen molar-refractivity contribution in [1.29, 1.82) is 0 Å². The molecule has 462 valence electrons. The summed E-state index contributed by atoms with van der Waals surface area (Å²) in [7, 11) is 1.28. The SMILES string of the molecule is CC(C)(C)c1ccc([S+](c2ccc(C(C)(C)C)cc2)c2ccc(C(C)(C)C)cc2)cc1.COc1ccc([S+](c2ccccc2)c2ccccc2)cc1.Oc1ccc([S+](c2ccccc2)c2ccccc2)cc1.c1ccc([S+]2c3ccccc3Oc3ccccc32)cc1. The van der Waals surface area contributed by atoms with Gasteiger partial charge in [0.05, 0.1) is 39.8 Å². The maximum atomic E-state index is 9.48. The fourth-order valence-electron chi connectivity index (χ4n) is 10.5. The van der Waals surface area contributed by atoms with Crippen LogP contribution in [-0.2, 0) is 59.8 Å². The lowest BCUT2D eigenvalue weighted by molar-refractivity contribution is 0.414. The van der Waals surface area contributed by atoms with E-state index in [4.69, 9.17) is 9.47 Å². The second-order valence-corrected chi connectivity index (χ2v) is 33.3. The van der Waals surface area contributed by atoms with Gasteiger partial charge in [0.15, 0.2) is 60.5 Å². The number of fused-ring (bicyclic) bond motifs is 2. The molecule has 0 amide bonds. The zero-order valence-corrected chi connectivity index (χ0v) is 57.8. The third-order valence-corrected chi connectivity index (χ3v) is 24.5. The molecule has 12 aromatic rings. The lowest BCUT2D eigenvalue weighted by Gasteiger charge is -2.21.